The number of nitriles is 1. The van der Waals surface area contributed by atoms with Crippen LogP contribution < -0.4 is 4.74 Å². The van der Waals surface area contributed by atoms with E-state index in [-0.39, 0.29) is 6.42 Å². The molecule has 0 aromatic carbocycles. The molecule has 0 unspecified atom stereocenters. The number of pyridine rings is 1. The molecule has 0 spiro atoms. The minimum absolute atomic E-state index is 0.253. The van der Waals surface area contributed by atoms with E-state index in [4.69, 9.17) is 21.6 Å². The van der Waals surface area contributed by atoms with Gasteiger partial charge in [-0.15, -0.1) is 0 Å². The molecule has 0 amide bonds. The molecule has 0 fully saturated rings. The van der Waals surface area contributed by atoms with E-state index >= 15 is 0 Å². The van der Waals surface area contributed by atoms with E-state index in [9.17, 15) is 0 Å². The lowest BCUT2D eigenvalue weighted by molar-refractivity contribution is 0.412. The molecule has 0 saturated carbocycles. The lowest BCUT2D eigenvalue weighted by atomic mass is 10.2. The van der Waals surface area contributed by atoms with Gasteiger partial charge in [-0.2, -0.15) is 5.26 Å². The van der Waals surface area contributed by atoms with E-state index in [0.29, 0.717) is 16.3 Å². The fraction of sp³-hybridized carbons (Fsp3) is 0.250. The molecule has 3 nitrogen and oxygen atoms in total. The van der Waals surface area contributed by atoms with Gasteiger partial charge < -0.3 is 4.74 Å². The Morgan fingerprint density at radius 1 is 1.67 bits per heavy atom. The van der Waals surface area contributed by atoms with Gasteiger partial charge in [-0.3, -0.25) is 4.98 Å². The van der Waals surface area contributed by atoms with Gasteiger partial charge in [0.2, 0.25) is 0 Å². The molecule has 1 aromatic rings. The maximum atomic E-state index is 8.43. The maximum Gasteiger partial charge on any atom is 0.156 e. The van der Waals surface area contributed by atoms with Gasteiger partial charge in [-0.25, -0.2) is 0 Å². The summed E-state index contributed by atoms with van der Waals surface area (Å²) in [6, 6.07) is 2.00. The monoisotopic (exact) mass is 182 g/mol. The van der Waals surface area contributed by atoms with Crippen LogP contribution in [0.3, 0.4) is 0 Å². The van der Waals surface area contributed by atoms with Crippen LogP contribution in [0.5, 0.6) is 5.75 Å². The van der Waals surface area contributed by atoms with Crippen LogP contribution in [0.25, 0.3) is 0 Å². The smallest absolute Gasteiger partial charge is 0.156 e. The Hall–Kier alpha value is -1.27. The van der Waals surface area contributed by atoms with E-state index < -0.39 is 0 Å². The molecular formula is C8H7ClN2O. The molecular weight excluding hydrogens is 176 g/mol. The van der Waals surface area contributed by atoms with Crippen LogP contribution in [0.1, 0.15) is 5.56 Å². The number of hydrogen-bond donors (Lipinski definition) is 0. The minimum atomic E-state index is 0.253. The molecule has 0 atom stereocenters. The zero-order chi connectivity index (χ0) is 8.97. The van der Waals surface area contributed by atoms with Gasteiger partial charge in [0.15, 0.2) is 5.75 Å². The standard InChI is InChI=1S/C8H7ClN2O/c1-12-7-5-11-4-6(2-3-10)8(7)9/h4-5H,2H2,1H3. The molecule has 62 valence electrons. The van der Waals surface area contributed by atoms with Gasteiger partial charge in [-0.1, -0.05) is 11.6 Å². The first-order valence-corrected chi connectivity index (χ1v) is 3.70. The highest BCUT2D eigenvalue weighted by atomic mass is 35.5. The molecule has 4 heteroatoms. The Bertz CT molecular complexity index is 319. The topological polar surface area (TPSA) is 45.9 Å². The summed E-state index contributed by atoms with van der Waals surface area (Å²) < 4.78 is 4.93. The summed E-state index contributed by atoms with van der Waals surface area (Å²) in [6.45, 7) is 0. The highest BCUT2D eigenvalue weighted by Crippen LogP contribution is 2.26. The molecule has 1 aromatic heterocycles. The molecule has 1 rings (SSSR count). The average Bonchev–Trinajstić information content (AvgIpc) is 2.09. The molecule has 1 heterocycles. The van der Waals surface area contributed by atoms with Crippen LogP contribution >= 0.6 is 11.6 Å². The predicted octanol–water partition coefficient (Wildman–Crippen LogP) is 1.81. The minimum Gasteiger partial charge on any atom is -0.494 e. The zero-order valence-electron chi connectivity index (χ0n) is 6.54. The Labute approximate surface area is 75.6 Å². The number of aromatic nitrogens is 1. The van der Waals surface area contributed by atoms with Gasteiger partial charge in [0.05, 0.1) is 30.8 Å². The second-order valence-corrected chi connectivity index (χ2v) is 2.53. The predicted molar refractivity (Wildman–Crippen MR) is 45.1 cm³/mol. The molecule has 0 aliphatic heterocycles. The van der Waals surface area contributed by atoms with Crippen molar-refractivity contribution in [1.29, 1.82) is 5.26 Å². The van der Waals surface area contributed by atoms with Crippen molar-refractivity contribution < 1.29 is 4.74 Å². The number of rotatable bonds is 2. The third-order valence-corrected chi connectivity index (χ3v) is 1.84. The SMILES string of the molecule is COc1cncc(CC#N)c1Cl. The van der Waals surface area contributed by atoms with Crippen LogP contribution in [0.4, 0.5) is 0 Å². The van der Waals surface area contributed by atoms with Gasteiger partial charge in [0.1, 0.15) is 0 Å². The van der Waals surface area contributed by atoms with Crippen molar-refractivity contribution >= 4 is 11.6 Å². The van der Waals surface area contributed by atoms with E-state index in [1.165, 1.54) is 13.3 Å². The lowest BCUT2D eigenvalue weighted by Gasteiger charge is -2.03. The van der Waals surface area contributed by atoms with Crippen molar-refractivity contribution in [2.45, 2.75) is 6.42 Å². The number of methoxy groups -OCH3 is 1. The molecule has 0 bridgehead atoms. The summed E-state index contributed by atoms with van der Waals surface area (Å²) >= 11 is 5.87. The van der Waals surface area contributed by atoms with Crippen LogP contribution in [-0.2, 0) is 6.42 Å². The second-order valence-electron chi connectivity index (χ2n) is 2.15. The first kappa shape index (κ1) is 8.82. The van der Waals surface area contributed by atoms with Crippen molar-refractivity contribution in [3.05, 3.63) is 23.0 Å². The van der Waals surface area contributed by atoms with E-state index in [1.807, 2.05) is 6.07 Å². The molecule has 0 aliphatic rings. The number of nitrogens with zero attached hydrogens (tertiary/aromatic N) is 2. The van der Waals surface area contributed by atoms with E-state index in [0.717, 1.165) is 0 Å². The third kappa shape index (κ3) is 1.66. The summed E-state index contributed by atoms with van der Waals surface area (Å²) in [5.74, 6) is 0.504. The van der Waals surface area contributed by atoms with Crippen LogP contribution in [0.2, 0.25) is 5.02 Å². The largest absolute Gasteiger partial charge is 0.494 e. The fourth-order valence-electron chi connectivity index (χ4n) is 0.817. The summed E-state index contributed by atoms with van der Waals surface area (Å²) in [4.78, 5) is 3.87. The molecule has 0 radical (unpaired) electrons. The van der Waals surface area contributed by atoms with Gasteiger partial charge in [-0.05, 0) is 0 Å². The van der Waals surface area contributed by atoms with Crippen molar-refractivity contribution in [2.24, 2.45) is 0 Å². The maximum absolute atomic E-state index is 8.43. The lowest BCUT2D eigenvalue weighted by Crippen LogP contribution is -1.91. The number of halogens is 1. The highest BCUT2D eigenvalue weighted by molar-refractivity contribution is 6.32. The van der Waals surface area contributed by atoms with Gasteiger partial charge >= 0.3 is 0 Å². The zero-order valence-corrected chi connectivity index (χ0v) is 7.30. The first-order chi connectivity index (χ1) is 5.79. The van der Waals surface area contributed by atoms with Crippen molar-refractivity contribution in [2.75, 3.05) is 7.11 Å². The highest BCUT2D eigenvalue weighted by Gasteiger charge is 2.05. The van der Waals surface area contributed by atoms with Crippen LogP contribution in [0, 0.1) is 11.3 Å². The third-order valence-electron chi connectivity index (χ3n) is 1.41. The number of ether oxygens (including phenoxy) is 1. The van der Waals surface area contributed by atoms with E-state index in [2.05, 4.69) is 4.98 Å². The quantitative estimate of drug-likeness (QED) is 0.701. The fourth-order valence-corrected chi connectivity index (χ4v) is 1.06. The van der Waals surface area contributed by atoms with Crippen LogP contribution in [-0.4, -0.2) is 12.1 Å². The summed E-state index contributed by atoms with van der Waals surface area (Å²) in [5, 5.41) is 8.90. The Balaban J connectivity index is 3.07. The summed E-state index contributed by atoms with van der Waals surface area (Å²) in [7, 11) is 1.51. The molecule has 0 saturated heterocycles. The van der Waals surface area contributed by atoms with Gasteiger partial charge in [0, 0.05) is 11.8 Å². The van der Waals surface area contributed by atoms with Crippen molar-refractivity contribution in [3.8, 4) is 11.8 Å². The van der Waals surface area contributed by atoms with Gasteiger partial charge in [0.25, 0.3) is 0 Å². The van der Waals surface area contributed by atoms with E-state index in [1.54, 1.807) is 6.20 Å². The van der Waals surface area contributed by atoms with Crippen LogP contribution in [0.15, 0.2) is 12.4 Å². The summed E-state index contributed by atoms with van der Waals surface area (Å²) in [5.41, 5.74) is 0.693. The molecule has 0 N–H and O–H groups in total. The Morgan fingerprint density at radius 3 is 3.00 bits per heavy atom. The molecule has 0 aliphatic carbocycles. The second kappa shape index (κ2) is 3.93. The average molecular weight is 183 g/mol. The molecule has 12 heavy (non-hydrogen) atoms. The first-order valence-electron chi connectivity index (χ1n) is 3.33. The Kier molecular flexibility index (Phi) is 2.89. The van der Waals surface area contributed by atoms with Crippen molar-refractivity contribution in [1.82, 2.24) is 4.98 Å². The number of hydrogen-bond acceptors (Lipinski definition) is 3. The van der Waals surface area contributed by atoms with Crippen molar-refractivity contribution in [3.63, 3.8) is 0 Å². The normalized spacial score (nSPS) is 9.08. The Morgan fingerprint density at radius 2 is 2.42 bits per heavy atom. The summed E-state index contributed by atoms with van der Waals surface area (Å²) in [6.07, 6.45) is 3.33.